The van der Waals surface area contributed by atoms with Crippen LogP contribution in [0.4, 0.5) is 0 Å². The summed E-state index contributed by atoms with van der Waals surface area (Å²) in [5.41, 5.74) is 0.961. The lowest BCUT2D eigenvalue weighted by Crippen LogP contribution is -2.03. The molecule has 0 N–H and O–H groups in total. The molecule has 0 radical (unpaired) electrons. The first-order valence-electron chi connectivity index (χ1n) is 5.07. The summed E-state index contributed by atoms with van der Waals surface area (Å²) >= 11 is 3.45. The van der Waals surface area contributed by atoms with Gasteiger partial charge in [-0.3, -0.25) is 0 Å². The van der Waals surface area contributed by atoms with Gasteiger partial charge in [-0.25, -0.2) is 0 Å². The van der Waals surface area contributed by atoms with E-state index in [-0.39, 0.29) is 6.10 Å². The second kappa shape index (κ2) is 7.12. The van der Waals surface area contributed by atoms with Gasteiger partial charge in [0.15, 0.2) is 0 Å². The number of terminal acetylenes is 1. The van der Waals surface area contributed by atoms with Crippen molar-refractivity contribution in [2.45, 2.75) is 19.4 Å². The Morgan fingerprint density at radius 2 is 2.12 bits per heavy atom. The molecule has 1 aromatic rings. The summed E-state index contributed by atoms with van der Waals surface area (Å²) in [5.74, 6) is 8.46. The molecule has 16 heavy (non-hydrogen) atoms. The fourth-order valence-corrected chi connectivity index (χ4v) is 1.71. The van der Waals surface area contributed by atoms with E-state index in [1.807, 2.05) is 31.2 Å². The summed E-state index contributed by atoms with van der Waals surface area (Å²) in [5, 5.41) is 0. The second-order valence-corrected chi connectivity index (χ2v) is 3.94. The van der Waals surface area contributed by atoms with E-state index in [0.717, 1.165) is 16.5 Å². The maximum atomic E-state index is 5.52. The molecule has 0 heterocycles. The van der Waals surface area contributed by atoms with Crippen LogP contribution < -0.4 is 0 Å². The largest absolute Gasteiger partial charge is 0.348 e. The molecule has 1 aromatic carbocycles. The molecule has 0 saturated carbocycles. The molecule has 0 saturated heterocycles. The van der Waals surface area contributed by atoms with Gasteiger partial charge in [0.1, 0.15) is 12.7 Å². The maximum Gasteiger partial charge on any atom is 0.145 e. The van der Waals surface area contributed by atoms with Crippen molar-refractivity contribution >= 4 is 15.9 Å². The Labute approximate surface area is 105 Å². The van der Waals surface area contributed by atoms with Gasteiger partial charge in [0, 0.05) is 16.5 Å². The molecule has 1 rings (SSSR count). The van der Waals surface area contributed by atoms with Gasteiger partial charge < -0.3 is 4.74 Å². The summed E-state index contributed by atoms with van der Waals surface area (Å²) in [6, 6.07) is 7.77. The molecule has 0 aliphatic carbocycles. The lowest BCUT2D eigenvalue weighted by Gasteiger charge is -2.11. The summed E-state index contributed by atoms with van der Waals surface area (Å²) in [7, 11) is 0. The van der Waals surface area contributed by atoms with Gasteiger partial charge in [-0.2, -0.15) is 0 Å². The van der Waals surface area contributed by atoms with E-state index in [1.54, 1.807) is 0 Å². The molecule has 0 amide bonds. The molecular weight excluding hydrogens is 264 g/mol. The van der Waals surface area contributed by atoms with Crippen LogP contribution in [0.15, 0.2) is 28.7 Å². The third-order valence-corrected chi connectivity index (χ3v) is 2.69. The molecule has 0 fully saturated rings. The zero-order chi connectivity index (χ0) is 11.8. The monoisotopic (exact) mass is 276 g/mol. The van der Waals surface area contributed by atoms with E-state index in [4.69, 9.17) is 11.2 Å². The first kappa shape index (κ1) is 12.8. The molecule has 1 atom stereocenters. The summed E-state index contributed by atoms with van der Waals surface area (Å²) < 4.78 is 6.48. The zero-order valence-corrected chi connectivity index (χ0v) is 10.8. The molecule has 0 spiro atoms. The van der Waals surface area contributed by atoms with Crippen molar-refractivity contribution in [3.63, 3.8) is 0 Å². The molecule has 0 aliphatic rings. The molecule has 2 heteroatoms. The lowest BCUT2D eigenvalue weighted by atomic mass is 10.1. The number of rotatable bonds is 3. The highest BCUT2D eigenvalue weighted by molar-refractivity contribution is 9.10. The van der Waals surface area contributed by atoms with Crippen molar-refractivity contribution in [2.75, 3.05) is 6.61 Å². The number of hydrogen-bond donors (Lipinski definition) is 0. The van der Waals surface area contributed by atoms with Crippen LogP contribution in [0.1, 0.15) is 25.0 Å². The molecular formula is C14H13BrO. The fraction of sp³-hybridized carbons (Fsp3) is 0.286. The van der Waals surface area contributed by atoms with Gasteiger partial charge in [0.05, 0.1) is 0 Å². The SMILES string of the molecule is C#CC(OCC#CCC)c1ccccc1Br. The van der Waals surface area contributed by atoms with Gasteiger partial charge in [-0.1, -0.05) is 52.9 Å². The summed E-state index contributed by atoms with van der Waals surface area (Å²) in [6.07, 6.45) is 5.93. The topological polar surface area (TPSA) is 9.23 Å². The number of ether oxygens (including phenoxy) is 1. The lowest BCUT2D eigenvalue weighted by molar-refractivity contribution is 0.121. The predicted molar refractivity (Wildman–Crippen MR) is 69.7 cm³/mol. The third kappa shape index (κ3) is 3.74. The normalized spacial score (nSPS) is 11.1. The first-order valence-corrected chi connectivity index (χ1v) is 5.86. The van der Waals surface area contributed by atoms with E-state index >= 15 is 0 Å². The Hall–Kier alpha value is -1.22. The fourth-order valence-electron chi connectivity index (χ4n) is 1.22. The Bertz CT molecular complexity index is 434. The van der Waals surface area contributed by atoms with Crippen LogP contribution in [-0.4, -0.2) is 6.61 Å². The standard InChI is InChI=1S/C14H13BrO/c1-3-5-8-11-16-14(4-2)12-9-6-7-10-13(12)15/h2,6-7,9-10,14H,3,11H2,1H3. The molecule has 1 unspecified atom stereocenters. The van der Waals surface area contributed by atoms with E-state index < -0.39 is 0 Å². The van der Waals surface area contributed by atoms with E-state index in [9.17, 15) is 0 Å². The smallest absolute Gasteiger partial charge is 0.145 e. The molecule has 1 nitrogen and oxygen atoms in total. The molecule has 0 bridgehead atoms. The van der Waals surface area contributed by atoms with Crippen LogP contribution >= 0.6 is 15.9 Å². The van der Waals surface area contributed by atoms with E-state index in [1.165, 1.54) is 0 Å². The van der Waals surface area contributed by atoms with Crippen molar-refractivity contribution in [2.24, 2.45) is 0 Å². The number of halogens is 1. The quantitative estimate of drug-likeness (QED) is 0.768. The van der Waals surface area contributed by atoms with Gasteiger partial charge in [0.25, 0.3) is 0 Å². The second-order valence-electron chi connectivity index (χ2n) is 3.09. The highest BCUT2D eigenvalue weighted by Crippen LogP contribution is 2.24. The molecule has 0 aliphatic heterocycles. The summed E-state index contributed by atoms with van der Waals surface area (Å²) in [4.78, 5) is 0. The van der Waals surface area contributed by atoms with Crippen molar-refractivity contribution in [3.05, 3.63) is 34.3 Å². The van der Waals surface area contributed by atoms with Crippen LogP contribution in [0.5, 0.6) is 0 Å². The van der Waals surface area contributed by atoms with Gasteiger partial charge in [0.2, 0.25) is 0 Å². The average Bonchev–Trinajstić information content (AvgIpc) is 2.31. The molecule has 82 valence electrons. The Kier molecular flexibility index (Phi) is 5.72. The van der Waals surface area contributed by atoms with Crippen molar-refractivity contribution in [3.8, 4) is 24.2 Å². The predicted octanol–water partition coefficient (Wildman–Crippen LogP) is 3.55. The highest BCUT2D eigenvalue weighted by atomic mass is 79.9. The van der Waals surface area contributed by atoms with E-state index in [0.29, 0.717) is 6.61 Å². The van der Waals surface area contributed by atoms with Crippen LogP contribution in [-0.2, 0) is 4.74 Å². The van der Waals surface area contributed by atoms with Crippen LogP contribution in [0, 0.1) is 24.2 Å². The minimum Gasteiger partial charge on any atom is -0.348 e. The third-order valence-electron chi connectivity index (χ3n) is 1.96. The first-order chi connectivity index (χ1) is 7.79. The number of benzene rings is 1. The Balaban J connectivity index is 2.69. The van der Waals surface area contributed by atoms with Gasteiger partial charge in [-0.05, 0) is 6.07 Å². The van der Waals surface area contributed by atoms with Crippen LogP contribution in [0.25, 0.3) is 0 Å². The molecule has 0 aromatic heterocycles. The van der Waals surface area contributed by atoms with Crippen molar-refractivity contribution < 1.29 is 4.74 Å². The highest BCUT2D eigenvalue weighted by Gasteiger charge is 2.10. The van der Waals surface area contributed by atoms with Gasteiger partial charge in [-0.15, -0.1) is 12.3 Å². The van der Waals surface area contributed by atoms with Crippen LogP contribution in [0.2, 0.25) is 0 Å². The zero-order valence-electron chi connectivity index (χ0n) is 9.16. The maximum absolute atomic E-state index is 5.52. The van der Waals surface area contributed by atoms with Crippen molar-refractivity contribution in [1.82, 2.24) is 0 Å². The summed E-state index contributed by atoms with van der Waals surface area (Å²) in [6.45, 7) is 2.36. The minimum absolute atomic E-state index is 0.346. The minimum atomic E-state index is -0.346. The van der Waals surface area contributed by atoms with Crippen molar-refractivity contribution in [1.29, 1.82) is 0 Å². The Morgan fingerprint density at radius 1 is 1.38 bits per heavy atom. The van der Waals surface area contributed by atoms with Crippen LogP contribution in [0.3, 0.4) is 0 Å². The average molecular weight is 277 g/mol. The Morgan fingerprint density at radius 3 is 2.75 bits per heavy atom. The number of hydrogen-bond acceptors (Lipinski definition) is 1. The van der Waals surface area contributed by atoms with E-state index in [2.05, 4.69) is 33.7 Å². The van der Waals surface area contributed by atoms with Gasteiger partial charge >= 0.3 is 0 Å².